The fourth-order valence-electron chi connectivity index (χ4n) is 2.63. The Morgan fingerprint density at radius 1 is 1.55 bits per heavy atom. The highest BCUT2D eigenvalue weighted by molar-refractivity contribution is 5.86. The van der Waals surface area contributed by atoms with E-state index in [-0.39, 0.29) is 6.61 Å². The second-order valence-electron chi connectivity index (χ2n) is 5.03. The summed E-state index contributed by atoms with van der Waals surface area (Å²) in [5.41, 5.74) is 6.26. The van der Waals surface area contributed by atoms with Crippen molar-refractivity contribution >= 4 is 22.8 Å². The predicted octanol–water partition coefficient (Wildman–Crippen LogP) is -0.804. The molecule has 0 radical (unpaired) electrons. The largest absolute Gasteiger partial charge is 0.457 e. The summed E-state index contributed by atoms with van der Waals surface area (Å²) in [6.07, 6.45) is -0.817. The summed E-state index contributed by atoms with van der Waals surface area (Å²) < 4.78 is 12.2. The lowest BCUT2D eigenvalue weighted by Gasteiger charge is -2.19. The van der Waals surface area contributed by atoms with Gasteiger partial charge in [-0.05, 0) is 6.07 Å². The number of aromatic nitrogens is 3. The average molecular weight is 308 g/mol. The lowest BCUT2D eigenvalue weighted by atomic mass is 10.1. The minimum atomic E-state index is -1.15. The molecule has 0 spiro atoms. The van der Waals surface area contributed by atoms with E-state index in [1.165, 1.54) is 13.3 Å². The third-order valence-electron chi connectivity index (χ3n) is 3.61. The van der Waals surface area contributed by atoms with Gasteiger partial charge in [-0.1, -0.05) is 0 Å². The van der Waals surface area contributed by atoms with Crippen LogP contribution in [-0.4, -0.2) is 55.6 Å². The van der Waals surface area contributed by atoms with Crippen molar-refractivity contribution in [2.24, 2.45) is 0 Å². The van der Waals surface area contributed by atoms with E-state index >= 15 is 0 Å². The maximum atomic E-state index is 11.1. The maximum absolute atomic E-state index is 11.1. The molecule has 2 aromatic rings. The fraction of sp³-hybridized carbons (Fsp3) is 0.462. The van der Waals surface area contributed by atoms with Gasteiger partial charge < -0.3 is 30.0 Å². The number of nitrogens with zero attached hydrogens (tertiary/aromatic N) is 3. The lowest BCUT2D eigenvalue weighted by Crippen LogP contribution is -2.37. The van der Waals surface area contributed by atoms with Gasteiger partial charge in [0.25, 0.3) is 0 Å². The van der Waals surface area contributed by atoms with Crippen molar-refractivity contribution in [2.75, 3.05) is 12.3 Å². The van der Waals surface area contributed by atoms with E-state index in [1.54, 1.807) is 16.8 Å². The number of nitrogen functional groups attached to an aromatic ring is 1. The highest BCUT2D eigenvalue weighted by atomic mass is 16.6. The van der Waals surface area contributed by atoms with Crippen LogP contribution >= 0.6 is 0 Å². The summed E-state index contributed by atoms with van der Waals surface area (Å²) in [5.74, 6) is -0.248. The highest BCUT2D eigenvalue weighted by Gasteiger charge is 2.46. The minimum Gasteiger partial charge on any atom is -0.457 e. The number of esters is 1. The number of carbonyl (C=O) groups excluding carboxylic acids is 1. The molecule has 1 fully saturated rings. The van der Waals surface area contributed by atoms with E-state index < -0.39 is 30.5 Å². The zero-order chi connectivity index (χ0) is 15.9. The van der Waals surface area contributed by atoms with Crippen molar-refractivity contribution < 1.29 is 24.5 Å². The van der Waals surface area contributed by atoms with Crippen LogP contribution in [0.3, 0.4) is 0 Å². The van der Waals surface area contributed by atoms with E-state index in [1.807, 2.05) is 0 Å². The third-order valence-corrected chi connectivity index (χ3v) is 3.61. The van der Waals surface area contributed by atoms with Gasteiger partial charge in [-0.2, -0.15) is 0 Å². The van der Waals surface area contributed by atoms with E-state index in [0.717, 1.165) is 0 Å². The van der Waals surface area contributed by atoms with Crippen LogP contribution in [-0.2, 0) is 14.3 Å². The van der Waals surface area contributed by atoms with Crippen LogP contribution in [0.2, 0.25) is 0 Å². The highest BCUT2D eigenvalue weighted by Crippen LogP contribution is 2.34. The molecule has 118 valence electrons. The predicted molar refractivity (Wildman–Crippen MR) is 74.5 cm³/mol. The molecule has 3 heterocycles. The van der Waals surface area contributed by atoms with Gasteiger partial charge in [0.2, 0.25) is 0 Å². The first-order valence-corrected chi connectivity index (χ1v) is 6.71. The summed E-state index contributed by atoms with van der Waals surface area (Å²) in [6.45, 7) is 0.843. The SMILES string of the molecule is CC(=O)O[C@@H]1[C@@H](O)[C@@H](n2ccc3c(N)ncnc32)O[C@@H]1CO. The molecule has 0 amide bonds. The third kappa shape index (κ3) is 2.28. The molecule has 0 unspecified atom stereocenters. The van der Waals surface area contributed by atoms with Crippen LogP contribution in [0.5, 0.6) is 0 Å². The van der Waals surface area contributed by atoms with Gasteiger partial charge in [0.05, 0.1) is 12.0 Å². The van der Waals surface area contributed by atoms with Crippen molar-refractivity contribution in [2.45, 2.75) is 31.5 Å². The number of aliphatic hydroxyl groups is 2. The molecular formula is C13H16N4O5. The smallest absolute Gasteiger partial charge is 0.303 e. The molecule has 1 aliphatic heterocycles. The second kappa shape index (κ2) is 5.52. The lowest BCUT2D eigenvalue weighted by molar-refractivity contribution is -0.153. The van der Waals surface area contributed by atoms with Crippen molar-refractivity contribution in [3.05, 3.63) is 18.6 Å². The minimum absolute atomic E-state index is 0.312. The monoisotopic (exact) mass is 308 g/mol. The average Bonchev–Trinajstić information content (AvgIpc) is 3.02. The summed E-state index contributed by atoms with van der Waals surface area (Å²) in [5, 5.41) is 20.4. The van der Waals surface area contributed by atoms with Crippen LogP contribution in [0.15, 0.2) is 18.6 Å². The summed E-state index contributed by atoms with van der Waals surface area (Å²) in [6, 6.07) is 1.70. The molecule has 22 heavy (non-hydrogen) atoms. The number of fused-ring (bicyclic) bond motifs is 1. The zero-order valence-electron chi connectivity index (χ0n) is 11.8. The van der Waals surface area contributed by atoms with Crippen molar-refractivity contribution in [3.63, 3.8) is 0 Å². The van der Waals surface area contributed by atoms with Gasteiger partial charge in [-0.25, -0.2) is 9.97 Å². The number of rotatable bonds is 3. The first-order valence-electron chi connectivity index (χ1n) is 6.71. The molecule has 1 saturated heterocycles. The van der Waals surface area contributed by atoms with Crippen LogP contribution in [0.25, 0.3) is 11.0 Å². The van der Waals surface area contributed by atoms with Gasteiger partial charge in [0.15, 0.2) is 12.3 Å². The van der Waals surface area contributed by atoms with Crippen LogP contribution in [0.1, 0.15) is 13.2 Å². The normalized spacial score (nSPS) is 28.1. The van der Waals surface area contributed by atoms with Gasteiger partial charge >= 0.3 is 5.97 Å². The number of nitrogens with two attached hydrogens (primary N) is 1. The Hall–Kier alpha value is -2.23. The van der Waals surface area contributed by atoms with Crippen LogP contribution in [0.4, 0.5) is 5.82 Å². The van der Waals surface area contributed by atoms with Gasteiger partial charge in [-0.3, -0.25) is 4.79 Å². The molecule has 0 aromatic carbocycles. The molecular weight excluding hydrogens is 292 g/mol. The van der Waals surface area contributed by atoms with Crippen molar-refractivity contribution in [3.8, 4) is 0 Å². The van der Waals surface area contributed by atoms with Gasteiger partial charge in [-0.15, -0.1) is 0 Å². The molecule has 4 atom stereocenters. The first-order chi connectivity index (χ1) is 10.5. The molecule has 3 rings (SSSR count). The van der Waals surface area contributed by atoms with Gasteiger partial charge in [0, 0.05) is 13.1 Å². The Morgan fingerprint density at radius 2 is 2.32 bits per heavy atom. The number of hydrogen-bond acceptors (Lipinski definition) is 8. The Balaban J connectivity index is 1.97. The van der Waals surface area contributed by atoms with E-state index in [9.17, 15) is 15.0 Å². The van der Waals surface area contributed by atoms with E-state index in [0.29, 0.717) is 16.9 Å². The number of anilines is 1. The number of aliphatic hydroxyl groups excluding tert-OH is 2. The molecule has 2 aromatic heterocycles. The molecule has 9 heteroatoms. The molecule has 0 saturated carbocycles. The molecule has 9 nitrogen and oxygen atoms in total. The molecule has 1 aliphatic rings. The second-order valence-corrected chi connectivity index (χ2v) is 5.03. The van der Waals surface area contributed by atoms with Crippen LogP contribution in [0, 0.1) is 0 Å². The molecule has 0 aliphatic carbocycles. The fourth-order valence-corrected chi connectivity index (χ4v) is 2.63. The quantitative estimate of drug-likeness (QED) is 0.627. The Morgan fingerprint density at radius 3 is 3.00 bits per heavy atom. The summed E-state index contributed by atoms with van der Waals surface area (Å²) >= 11 is 0. The number of carbonyl (C=O) groups is 1. The Bertz CT molecular complexity index is 703. The Kier molecular flexibility index (Phi) is 3.69. The maximum Gasteiger partial charge on any atom is 0.303 e. The van der Waals surface area contributed by atoms with Crippen molar-refractivity contribution in [1.29, 1.82) is 0 Å². The standard InChI is InChI=1S/C13H16N4O5/c1-6(19)21-10-8(4-18)22-13(9(10)20)17-3-2-7-11(14)15-5-16-12(7)17/h2-3,5,8-10,13,18,20H,4H2,1H3,(H2,14,15,16)/t8-,9-,10+,13+/m1/s1. The van der Waals surface area contributed by atoms with Gasteiger partial charge in [0.1, 0.15) is 30.0 Å². The molecule has 0 bridgehead atoms. The number of ether oxygens (including phenoxy) is 2. The molecule has 4 N–H and O–H groups in total. The Labute approximate surface area is 125 Å². The number of hydrogen-bond donors (Lipinski definition) is 3. The van der Waals surface area contributed by atoms with Crippen LogP contribution < -0.4 is 5.73 Å². The van der Waals surface area contributed by atoms with E-state index in [4.69, 9.17) is 15.2 Å². The van der Waals surface area contributed by atoms with E-state index in [2.05, 4.69) is 9.97 Å². The van der Waals surface area contributed by atoms with Crippen molar-refractivity contribution in [1.82, 2.24) is 14.5 Å². The summed E-state index contributed by atoms with van der Waals surface area (Å²) in [4.78, 5) is 19.2. The summed E-state index contributed by atoms with van der Waals surface area (Å²) in [7, 11) is 0. The topological polar surface area (TPSA) is 133 Å². The zero-order valence-corrected chi connectivity index (χ0v) is 11.8. The first kappa shape index (κ1) is 14.7.